The van der Waals surface area contributed by atoms with Crippen molar-refractivity contribution in [2.45, 2.75) is 44.9 Å². The van der Waals surface area contributed by atoms with Gasteiger partial charge in [-0.2, -0.15) is 0 Å². The predicted octanol–water partition coefficient (Wildman–Crippen LogP) is 3.27. The maximum absolute atomic E-state index is 12.7. The zero-order valence-electron chi connectivity index (χ0n) is 15.0. The Kier molecular flexibility index (Phi) is 5.38. The third-order valence-corrected chi connectivity index (χ3v) is 6.11. The van der Waals surface area contributed by atoms with Crippen LogP contribution in [0, 0.1) is 6.92 Å². The molecule has 2 heterocycles. The van der Waals surface area contributed by atoms with E-state index in [1.54, 1.807) is 23.3 Å². The number of benzene rings is 1. The van der Waals surface area contributed by atoms with Crippen LogP contribution in [-0.4, -0.2) is 46.1 Å². The number of carboxylic acid groups (broad SMARTS) is 1. The molecule has 0 aliphatic carbocycles. The van der Waals surface area contributed by atoms with Gasteiger partial charge in [0.05, 0.1) is 16.6 Å². The van der Waals surface area contributed by atoms with Gasteiger partial charge in [0.15, 0.2) is 6.10 Å². The first-order valence-corrected chi connectivity index (χ1v) is 9.37. The molecule has 2 aromatic rings. The standard InChI is InChI=1S/C19H22N2O4S/c1-11-16(26-17(20-11)13-7-5-4-6-8-13)12(2)21(3)18(22)14-9-10-15(25-14)19(23)24/h4-8,12,14-15H,9-10H2,1-3H3,(H,23,24)/t12?,14-,15+/m0/s1. The van der Waals surface area contributed by atoms with Gasteiger partial charge in [-0.05, 0) is 26.7 Å². The third kappa shape index (κ3) is 3.64. The number of aliphatic carboxylic acids is 1. The van der Waals surface area contributed by atoms with E-state index in [2.05, 4.69) is 4.98 Å². The van der Waals surface area contributed by atoms with E-state index in [1.165, 1.54) is 0 Å². The first kappa shape index (κ1) is 18.5. The minimum atomic E-state index is -1.01. The number of aromatic nitrogens is 1. The van der Waals surface area contributed by atoms with Crippen LogP contribution in [0.2, 0.25) is 0 Å². The van der Waals surface area contributed by atoms with Crippen LogP contribution in [0.4, 0.5) is 0 Å². The molecule has 1 aromatic carbocycles. The summed E-state index contributed by atoms with van der Waals surface area (Å²) in [6.45, 7) is 3.90. The van der Waals surface area contributed by atoms with Gasteiger partial charge in [-0.3, -0.25) is 4.79 Å². The van der Waals surface area contributed by atoms with Crippen LogP contribution in [-0.2, 0) is 14.3 Å². The highest BCUT2D eigenvalue weighted by molar-refractivity contribution is 7.15. The number of aryl methyl sites for hydroxylation is 1. The molecule has 1 amide bonds. The molecule has 1 aliphatic rings. The van der Waals surface area contributed by atoms with E-state index >= 15 is 0 Å². The summed E-state index contributed by atoms with van der Waals surface area (Å²) in [5.74, 6) is -1.20. The number of amides is 1. The van der Waals surface area contributed by atoms with Gasteiger partial charge >= 0.3 is 5.97 Å². The van der Waals surface area contributed by atoms with Crippen molar-refractivity contribution in [3.05, 3.63) is 40.9 Å². The second kappa shape index (κ2) is 7.55. The highest BCUT2D eigenvalue weighted by Gasteiger charge is 2.37. The largest absolute Gasteiger partial charge is 0.479 e. The van der Waals surface area contributed by atoms with Gasteiger partial charge in [0.1, 0.15) is 11.1 Å². The lowest BCUT2D eigenvalue weighted by atomic mass is 10.1. The van der Waals surface area contributed by atoms with Gasteiger partial charge in [-0.1, -0.05) is 30.3 Å². The highest BCUT2D eigenvalue weighted by atomic mass is 32.1. The van der Waals surface area contributed by atoms with Crippen molar-refractivity contribution in [2.75, 3.05) is 7.05 Å². The fraction of sp³-hybridized carbons (Fsp3) is 0.421. The summed E-state index contributed by atoms with van der Waals surface area (Å²) in [5.41, 5.74) is 1.95. The predicted molar refractivity (Wildman–Crippen MR) is 99.0 cm³/mol. The molecule has 1 N–H and O–H groups in total. The molecule has 7 heteroatoms. The Morgan fingerprint density at radius 1 is 1.27 bits per heavy atom. The second-order valence-corrected chi connectivity index (χ2v) is 7.52. The first-order valence-electron chi connectivity index (χ1n) is 8.56. The van der Waals surface area contributed by atoms with Crippen molar-refractivity contribution in [3.63, 3.8) is 0 Å². The maximum Gasteiger partial charge on any atom is 0.332 e. The first-order chi connectivity index (χ1) is 12.4. The molecule has 6 nitrogen and oxygen atoms in total. The van der Waals surface area contributed by atoms with Crippen molar-refractivity contribution < 1.29 is 19.4 Å². The Morgan fingerprint density at radius 3 is 2.54 bits per heavy atom. The van der Waals surface area contributed by atoms with Crippen molar-refractivity contribution >= 4 is 23.2 Å². The number of ether oxygens (including phenoxy) is 1. The Bertz CT molecular complexity index is 805. The number of carboxylic acids is 1. The van der Waals surface area contributed by atoms with Crippen molar-refractivity contribution in [1.82, 2.24) is 9.88 Å². The number of carbonyl (C=O) groups is 2. The molecule has 1 fully saturated rings. The lowest BCUT2D eigenvalue weighted by Crippen LogP contribution is -2.38. The number of hydrogen-bond acceptors (Lipinski definition) is 5. The van der Waals surface area contributed by atoms with Crippen molar-refractivity contribution in [2.24, 2.45) is 0 Å². The molecule has 26 heavy (non-hydrogen) atoms. The third-order valence-electron chi connectivity index (χ3n) is 4.73. The summed E-state index contributed by atoms with van der Waals surface area (Å²) >= 11 is 1.57. The SMILES string of the molecule is Cc1nc(-c2ccccc2)sc1C(C)N(C)C(=O)[C@@H]1CC[C@H](C(=O)O)O1. The van der Waals surface area contributed by atoms with Crippen LogP contribution >= 0.6 is 11.3 Å². The maximum atomic E-state index is 12.7. The fourth-order valence-corrected chi connectivity index (χ4v) is 4.26. The molecule has 1 unspecified atom stereocenters. The number of likely N-dealkylation sites (N-methyl/N-ethyl adjacent to an activating group) is 1. The quantitative estimate of drug-likeness (QED) is 0.869. The molecule has 0 bridgehead atoms. The Hall–Kier alpha value is -2.25. The zero-order valence-corrected chi connectivity index (χ0v) is 15.8. The van der Waals surface area contributed by atoms with Crippen LogP contribution in [0.3, 0.4) is 0 Å². The summed E-state index contributed by atoms with van der Waals surface area (Å²) in [4.78, 5) is 31.0. The number of thiazole rings is 1. The number of nitrogens with zero attached hydrogens (tertiary/aromatic N) is 2. The fourth-order valence-electron chi connectivity index (χ4n) is 3.09. The Morgan fingerprint density at radius 2 is 1.92 bits per heavy atom. The van der Waals surface area contributed by atoms with E-state index in [0.29, 0.717) is 12.8 Å². The average molecular weight is 374 g/mol. The minimum Gasteiger partial charge on any atom is -0.479 e. The molecule has 1 aromatic heterocycles. The summed E-state index contributed by atoms with van der Waals surface area (Å²) in [5, 5.41) is 9.95. The number of rotatable bonds is 5. The lowest BCUT2D eigenvalue weighted by Gasteiger charge is -2.27. The summed E-state index contributed by atoms with van der Waals surface area (Å²) in [6, 6.07) is 9.78. The number of hydrogen-bond donors (Lipinski definition) is 1. The summed E-state index contributed by atoms with van der Waals surface area (Å²) in [6.07, 6.45) is -0.775. The van der Waals surface area contributed by atoms with Gasteiger partial charge in [0.25, 0.3) is 5.91 Å². The van der Waals surface area contributed by atoms with Gasteiger partial charge in [0, 0.05) is 12.6 Å². The van der Waals surface area contributed by atoms with E-state index in [9.17, 15) is 9.59 Å². The van der Waals surface area contributed by atoms with Gasteiger partial charge < -0.3 is 14.7 Å². The summed E-state index contributed by atoms with van der Waals surface area (Å²) < 4.78 is 5.39. The van der Waals surface area contributed by atoms with Gasteiger partial charge in [0.2, 0.25) is 0 Å². The zero-order chi connectivity index (χ0) is 18.8. The van der Waals surface area contributed by atoms with Crippen molar-refractivity contribution in [3.8, 4) is 10.6 Å². The topological polar surface area (TPSA) is 79.7 Å². The minimum absolute atomic E-state index is 0.162. The van der Waals surface area contributed by atoms with Crippen LogP contribution in [0.15, 0.2) is 30.3 Å². The molecule has 3 rings (SSSR count). The van der Waals surface area contributed by atoms with Crippen LogP contribution in [0.5, 0.6) is 0 Å². The molecule has 0 radical (unpaired) electrons. The monoisotopic (exact) mass is 374 g/mol. The molecule has 0 spiro atoms. The van der Waals surface area contributed by atoms with Crippen LogP contribution in [0.25, 0.3) is 10.6 Å². The molecular weight excluding hydrogens is 352 g/mol. The Balaban J connectivity index is 1.74. The normalized spacial score (nSPS) is 20.7. The van der Waals surface area contributed by atoms with Gasteiger partial charge in [-0.15, -0.1) is 11.3 Å². The van der Waals surface area contributed by atoms with Crippen molar-refractivity contribution in [1.29, 1.82) is 0 Å². The Labute approximate surface area is 156 Å². The molecular formula is C19H22N2O4S. The lowest BCUT2D eigenvalue weighted by molar-refractivity contribution is -0.155. The highest BCUT2D eigenvalue weighted by Crippen LogP contribution is 2.34. The van der Waals surface area contributed by atoms with Gasteiger partial charge in [-0.25, -0.2) is 9.78 Å². The second-order valence-electron chi connectivity index (χ2n) is 6.49. The van der Waals surface area contributed by atoms with E-state index in [4.69, 9.17) is 9.84 Å². The molecule has 0 saturated carbocycles. The number of carbonyl (C=O) groups excluding carboxylic acids is 1. The molecule has 3 atom stereocenters. The smallest absolute Gasteiger partial charge is 0.332 e. The van der Waals surface area contributed by atoms with E-state index in [1.807, 2.05) is 44.2 Å². The van der Waals surface area contributed by atoms with E-state index in [-0.39, 0.29) is 11.9 Å². The molecule has 1 aliphatic heterocycles. The van der Waals surface area contributed by atoms with Crippen LogP contribution < -0.4 is 0 Å². The summed E-state index contributed by atoms with van der Waals surface area (Å²) in [7, 11) is 1.73. The van der Waals surface area contributed by atoms with E-state index in [0.717, 1.165) is 21.1 Å². The molecule has 138 valence electrons. The van der Waals surface area contributed by atoms with E-state index < -0.39 is 18.2 Å². The van der Waals surface area contributed by atoms with Crippen LogP contribution in [0.1, 0.15) is 36.4 Å². The molecule has 1 saturated heterocycles. The average Bonchev–Trinajstić information content (AvgIpc) is 3.28.